The van der Waals surface area contributed by atoms with Gasteiger partial charge in [0.25, 0.3) is 0 Å². The van der Waals surface area contributed by atoms with Crippen molar-refractivity contribution < 1.29 is 22.7 Å². The van der Waals surface area contributed by atoms with Crippen LogP contribution in [0.1, 0.15) is 30.5 Å². The molecule has 0 radical (unpaired) electrons. The number of ether oxygens (including phenoxy) is 1. The highest BCUT2D eigenvalue weighted by atomic mass is 19.4. The molecule has 1 aromatic carbocycles. The summed E-state index contributed by atoms with van der Waals surface area (Å²) in [5.41, 5.74) is 0.176. The predicted molar refractivity (Wildman–Crippen MR) is 127 cm³/mol. The Morgan fingerprint density at radius 2 is 2.06 bits per heavy atom. The zero-order valence-electron chi connectivity index (χ0n) is 20.3. The Balaban J connectivity index is 1.45. The van der Waals surface area contributed by atoms with Gasteiger partial charge in [0, 0.05) is 25.7 Å². The van der Waals surface area contributed by atoms with Crippen LogP contribution in [0, 0.1) is 16.7 Å². The lowest BCUT2D eigenvalue weighted by Crippen LogP contribution is -2.38. The van der Waals surface area contributed by atoms with E-state index < -0.39 is 11.7 Å². The summed E-state index contributed by atoms with van der Waals surface area (Å²) in [4.78, 5) is 22.7. The second kappa shape index (κ2) is 9.78. The van der Waals surface area contributed by atoms with Crippen molar-refractivity contribution in [3.05, 3.63) is 41.9 Å². The van der Waals surface area contributed by atoms with E-state index in [-0.39, 0.29) is 40.6 Å². The molecule has 190 valence electrons. The van der Waals surface area contributed by atoms with E-state index in [9.17, 15) is 23.2 Å². The molecule has 36 heavy (non-hydrogen) atoms. The summed E-state index contributed by atoms with van der Waals surface area (Å²) in [6.07, 6.45) is -1.09. The number of hydrogen-bond acceptors (Lipinski definition) is 6. The van der Waals surface area contributed by atoms with E-state index in [0.717, 1.165) is 18.9 Å². The molecule has 11 heteroatoms. The summed E-state index contributed by atoms with van der Waals surface area (Å²) in [7, 11) is 5.56. The van der Waals surface area contributed by atoms with Crippen LogP contribution in [0.5, 0.6) is 5.75 Å². The number of hydrogen-bond donors (Lipinski definition) is 1. The number of carbonyl (C=O) groups excluding carboxylic acids is 1. The number of benzene rings is 1. The third kappa shape index (κ3) is 5.28. The van der Waals surface area contributed by atoms with Crippen molar-refractivity contribution >= 4 is 16.9 Å². The summed E-state index contributed by atoms with van der Waals surface area (Å²) in [6.45, 7) is 1.01. The largest absolute Gasteiger partial charge is 0.493 e. The molecule has 2 aromatic heterocycles. The normalized spacial score (nSPS) is 14.6. The molecule has 4 rings (SSSR count). The van der Waals surface area contributed by atoms with Crippen LogP contribution in [0.25, 0.3) is 22.3 Å². The number of nitriles is 1. The number of nitrogens with zero attached hydrogens (tertiary/aromatic N) is 5. The highest BCUT2D eigenvalue weighted by Gasteiger charge is 2.49. The standard InChI is InChI=1S/C25H27F3N6O2/c1-33(2)14-24(7-8-24)23(35)30-9-4-10-36-21-6-5-16(11-17(21)25(26,27)28)18-12-20-22(19(13-29)32-18)31-15-34(20)3/h5-6,11-12,15H,4,7-10,14H2,1-3H3,(H,30,35). The Kier molecular flexibility index (Phi) is 6.91. The van der Waals surface area contributed by atoms with Gasteiger partial charge < -0.3 is 19.5 Å². The predicted octanol–water partition coefficient (Wildman–Crippen LogP) is 3.75. The van der Waals surface area contributed by atoms with Crippen molar-refractivity contribution in [2.75, 3.05) is 33.8 Å². The van der Waals surface area contributed by atoms with Gasteiger partial charge in [-0.15, -0.1) is 0 Å². The van der Waals surface area contributed by atoms with Crippen molar-refractivity contribution in [3.63, 3.8) is 0 Å². The molecule has 0 bridgehead atoms. The highest BCUT2D eigenvalue weighted by Crippen LogP contribution is 2.46. The van der Waals surface area contributed by atoms with Crippen molar-refractivity contribution in [1.82, 2.24) is 24.8 Å². The number of nitrogens with one attached hydrogen (secondary N) is 1. The summed E-state index contributed by atoms with van der Waals surface area (Å²) in [6, 6.07) is 7.27. The molecular weight excluding hydrogens is 473 g/mol. The van der Waals surface area contributed by atoms with E-state index in [2.05, 4.69) is 15.3 Å². The fraction of sp³-hybridized carbons (Fsp3) is 0.440. The molecular formula is C25H27F3N6O2. The Bertz CT molecular complexity index is 1320. The number of aromatic nitrogens is 3. The van der Waals surface area contributed by atoms with Crippen LogP contribution >= 0.6 is 0 Å². The molecule has 1 fully saturated rings. The molecule has 0 spiro atoms. The van der Waals surface area contributed by atoms with E-state index in [4.69, 9.17) is 4.74 Å². The van der Waals surface area contributed by atoms with Gasteiger partial charge >= 0.3 is 6.18 Å². The van der Waals surface area contributed by atoms with Crippen molar-refractivity contribution in [1.29, 1.82) is 5.26 Å². The lowest BCUT2D eigenvalue weighted by atomic mass is 10.1. The molecule has 0 unspecified atom stereocenters. The third-order valence-electron chi connectivity index (χ3n) is 6.22. The fourth-order valence-electron chi connectivity index (χ4n) is 4.25. The Labute approximate surface area is 206 Å². The first-order valence-electron chi connectivity index (χ1n) is 11.5. The Morgan fingerprint density at radius 1 is 1.31 bits per heavy atom. The van der Waals surface area contributed by atoms with Gasteiger partial charge in [0.15, 0.2) is 5.69 Å². The number of aryl methyl sites for hydroxylation is 1. The maximum absolute atomic E-state index is 13.9. The Hall–Kier alpha value is -3.65. The molecule has 1 aliphatic carbocycles. The first-order valence-corrected chi connectivity index (χ1v) is 11.5. The second-order valence-electron chi connectivity index (χ2n) is 9.38. The van der Waals surface area contributed by atoms with Crippen LogP contribution in [0.2, 0.25) is 0 Å². The second-order valence-corrected chi connectivity index (χ2v) is 9.38. The summed E-state index contributed by atoms with van der Waals surface area (Å²) in [5, 5.41) is 12.3. The van der Waals surface area contributed by atoms with Gasteiger partial charge in [-0.05, 0) is 57.6 Å². The number of carbonyl (C=O) groups is 1. The van der Waals surface area contributed by atoms with E-state index in [1.807, 2.05) is 25.1 Å². The minimum absolute atomic E-state index is 0.0151. The number of fused-ring (bicyclic) bond motifs is 1. The smallest absolute Gasteiger partial charge is 0.419 e. The topological polar surface area (TPSA) is 96.1 Å². The summed E-state index contributed by atoms with van der Waals surface area (Å²) < 4.78 is 48.7. The molecule has 2 heterocycles. The molecule has 1 N–H and O–H groups in total. The average molecular weight is 501 g/mol. The zero-order valence-corrected chi connectivity index (χ0v) is 20.3. The first kappa shape index (κ1) is 25.4. The molecule has 0 atom stereocenters. The maximum atomic E-state index is 13.9. The Morgan fingerprint density at radius 3 is 2.69 bits per heavy atom. The minimum atomic E-state index is -4.65. The number of alkyl halides is 3. The van der Waals surface area contributed by atoms with E-state index in [1.165, 1.54) is 18.5 Å². The SMILES string of the molecule is CN(C)CC1(C(=O)NCCCOc2ccc(-c3cc4c(ncn4C)c(C#N)n3)cc2C(F)(F)F)CC1. The number of rotatable bonds is 9. The van der Waals surface area contributed by atoms with Crippen LogP contribution in [-0.2, 0) is 18.0 Å². The van der Waals surface area contributed by atoms with Gasteiger partial charge in [-0.1, -0.05) is 0 Å². The van der Waals surface area contributed by atoms with Crippen LogP contribution < -0.4 is 10.1 Å². The van der Waals surface area contributed by atoms with Gasteiger partial charge in [-0.25, -0.2) is 9.97 Å². The van der Waals surface area contributed by atoms with Crippen LogP contribution in [-0.4, -0.2) is 59.1 Å². The molecule has 0 saturated heterocycles. The summed E-state index contributed by atoms with van der Waals surface area (Å²) in [5.74, 6) is -0.322. The lowest BCUT2D eigenvalue weighted by molar-refractivity contribution is -0.138. The molecule has 1 aliphatic rings. The van der Waals surface area contributed by atoms with Gasteiger partial charge in [0.1, 0.15) is 17.3 Å². The lowest BCUT2D eigenvalue weighted by Gasteiger charge is -2.19. The van der Waals surface area contributed by atoms with Gasteiger partial charge in [-0.3, -0.25) is 4.79 Å². The monoisotopic (exact) mass is 500 g/mol. The average Bonchev–Trinajstić information content (AvgIpc) is 3.51. The number of imidazole rings is 1. The van der Waals surface area contributed by atoms with E-state index >= 15 is 0 Å². The third-order valence-corrected chi connectivity index (χ3v) is 6.22. The molecule has 8 nitrogen and oxygen atoms in total. The minimum Gasteiger partial charge on any atom is -0.493 e. The van der Waals surface area contributed by atoms with Gasteiger partial charge in [-0.2, -0.15) is 18.4 Å². The van der Waals surface area contributed by atoms with Gasteiger partial charge in [0.2, 0.25) is 5.91 Å². The number of pyridine rings is 1. The highest BCUT2D eigenvalue weighted by molar-refractivity contribution is 5.85. The number of amides is 1. The molecule has 1 saturated carbocycles. The van der Waals surface area contributed by atoms with E-state index in [1.54, 1.807) is 17.7 Å². The first-order chi connectivity index (χ1) is 17.0. The molecule has 0 aliphatic heterocycles. The van der Waals surface area contributed by atoms with Crippen molar-refractivity contribution in [3.8, 4) is 23.1 Å². The maximum Gasteiger partial charge on any atom is 0.419 e. The molecule has 1 amide bonds. The van der Waals surface area contributed by atoms with Crippen LogP contribution in [0.3, 0.4) is 0 Å². The van der Waals surface area contributed by atoms with E-state index in [0.29, 0.717) is 30.5 Å². The van der Waals surface area contributed by atoms with Crippen LogP contribution in [0.15, 0.2) is 30.6 Å². The van der Waals surface area contributed by atoms with Gasteiger partial charge in [0.05, 0.1) is 35.1 Å². The van der Waals surface area contributed by atoms with Crippen molar-refractivity contribution in [2.45, 2.75) is 25.4 Å². The quantitative estimate of drug-likeness (QED) is 0.450. The fourth-order valence-corrected chi connectivity index (χ4v) is 4.25. The zero-order chi connectivity index (χ0) is 26.1. The van der Waals surface area contributed by atoms with Crippen LogP contribution in [0.4, 0.5) is 13.2 Å². The number of halogens is 3. The molecule has 3 aromatic rings. The van der Waals surface area contributed by atoms with Crippen molar-refractivity contribution in [2.24, 2.45) is 12.5 Å². The summed E-state index contributed by atoms with van der Waals surface area (Å²) >= 11 is 0.